The minimum atomic E-state index is 0.933. The van der Waals surface area contributed by atoms with Gasteiger partial charge in [0, 0.05) is 4.90 Å². The van der Waals surface area contributed by atoms with Crippen LogP contribution in [0, 0.1) is 0 Å². The highest BCUT2D eigenvalue weighted by Gasteiger charge is 1.94. The highest BCUT2D eigenvalue weighted by molar-refractivity contribution is 7.98. The maximum absolute atomic E-state index is 5.18. The summed E-state index contributed by atoms with van der Waals surface area (Å²) in [6, 6.07) is 7.89. The Hall–Kier alpha value is -0.960. The fourth-order valence-electron chi connectivity index (χ4n) is 0.817. The summed E-state index contributed by atoms with van der Waals surface area (Å²) in [6.07, 6.45) is 3.33. The highest BCUT2D eigenvalue weighted by Crippen LogP contribution is 2.26. The van der Waals surface area contributed by atoms with Crippen molar-refractivity contribution in [2.75, 3.05) is 6.26 Å². The summed E-state index contributed by atoms with van der Waals surface area (Å²) in [5.74, 6) is 0. The first kappa shape index (κ1) is 8.14. The van der Waals surface area contributed by atoms with Crippen LogP contribution in [0.3, 0.4) is 0 Å². The van der Waals surface area contributed by atoms with Gasteiger partial charge in [-0.05, 0) is 18.4 Å². The zero-order chi connectivity index (χ0) is 8.10. The molecule has 0 aliphatic carbocycles. The molecule has 0 aliphatic rings. The third-order valence-corrected chi connectivity index (χ3v) is 2.08. The van der Waals surface area contributed by atoms with E-state index in [1.54, 1.807) is 11.8 Å². The Morgan fingerprint density at radius 2 is 2.18 bits per heavy atom. The predicted octanol–water partition coefficient (Wildman–Crippen LogP) is 2.03. The zero-order valence-corrected chi connectivity index (χ0v) is 7.14. The van der Waals surface area contributed by atoms with E-state index in [9.17, 15) is 0 Å². The van der Waals surface area contributed by atoms with E-state index in [4.69, 9.17) is 5.73 Å². The molecule has 0 heterocycles. The van der Waals surface area contributed by atoms with Crippen molar-refractivity contribution in [1.29, 1.82) is 0 Å². The monoisotopic (exact) mass is 166 g/mol. The smallest absolute Gasteiger partial charge is 0.0860 e. The third kappa shape index (κ3) is 1.98. The summed E-state index contributed by atoms with van der Waals surface area (Å²) in [4.78, 5) is 5.16. The van der Waals surface area contributed by atoms with Crippen LogP contribution in [0.25, 0.3) is 0 Å². The van der Waals surface area contributed by atoms with Gasteiger partial charge in [-0.3, -0.25) is 0 Å². The fraction of sp³-hybridized carbons (Fsp3) is 0.125. The quantitative estimate of drug-likeness (QED) is 0.414. The lowest BCUT2D eigenvalue weighted by molar-refractivity contribution is 1.38. The van der Waals surface area contributed by atoms with E-state index in [1.165, 1.54) is 6.34 Å². The molecule has 58 valence electrons. The number of thioether (sulfide) groups is 1. The molecule has 0 aromatic heterocycles. The molecule has 11 heavy (non-hydrogen) atoms. The van der Waals surface area contributed by atoms with Crippen LogP contribution >= 0.6 is 11.8 Å². The van der Waals surface area contributed by atoms with Crippen LogP contribution in [0.5, 0.6) is 0 Å². The summed E-state index contributed by atoms with van der Waals surface area (Å²) in [5.41, 5.74) is 6.12. The molecule has 1 rings (SSSR count). The van der Waals surface area contributed by atoms with E-state index in [0.717, 1.165) is 10.6 Å². The Labute approximate surface area is 70.5 Å². The van der Waals surface area contributed by atoms with Crippen molar-refractivity contribution in [2.24, 2.45) is 10.7 Å². The average molecular weight is 166 g/mol. The van der Waals surface area contributed by atoms with Crippen LogP contribution in [-0.2, 0) is 0 Å². The lowest BCUT2D eigenvalue weighted by Gasteiger charge is -1.98. The Balaban J connectivity index is 3.02. The van der Waals surface area contributed by atoms with Crippen molar-refractivity contribution >= 4 is 23.8 Å². The van der Waals surface area contributed by atoms with E-state index >= 15 is 0 Å². The largest absolute Gasteiger partial charge is 0.390 e. The summed E-state index contributed by atoms with van der Waals surface area (Å²) in [6.45, 7) is 0. The fourth-order valence-corrected chi connectivity index (χ4v) is 1.36. The van der Waals surface area contributed by atoms with Crippen LogP contribution in [0.1, 0.15) is 0 Å². The Morgan fingerprint density at radius 3 is 2.82 bits per heavy atom. The first-order chi connectivity index (χ1) is 5.38. The van der Waals surface area contributed by atoms with Crippen molar-refractivity contribution < 1.29 is 0 Å². The minimum absolute atomic E-state index is 0.933. The summed E-state index contributed by atoms with van der Waals surface area (Å²) in [5, 5.41) is 0. The second kappa shape index (κ2) is 4.03. The van der Waals surface area contributed by atoms with Crippen LogP contribution in [0.4, 0.5) is 5.69 Å². The van der Waals surface area contributed by atoms with Gasteiger partial charge in [-0.2, -0.15) is 0 Å². The van der Waals surface area contributed by atoms with Gasteiger partial charge in [0.15, 0.2) is 0 Å². The first-order valence-corrected chi connectivity index (χ1v) is 4.48. The van der Waals surface area contributed by atoms with Gasteiger partial charge < -0.3 is 5.73 Å². The molecule has 0 aliphatic heterocycles. The average Bonchev–Trinajstić information content (AvgIpc) is 2.06. The molecule has 0 unspecified atom stereocenters. The number of nitrogens with zero attached hydrogens (tertiary/aromatic N) is 1. The van der Waals surface area contributed by atoms with Crippen molar-refractivity contribution in [3.05, 3.63) is 24.3 Å². The second-order valence-electron chi connectivity index (χ2n) is 1.95. The molecule has 0 bridgehead atoms. The predicted molar refractivity (Wildman–Crippen MR) is 50.6 cm³/mol. The van der Waals surface area contributed by atoms with Gasteiger partial charge in [-0.25, -0.2) is 4.99 Å². The highest BCUT2D eigenvalue weighted by atomic mass is 32.2. The van der Waals surface area contributed by atoms with Crippen LogP contribution in [0.2, 0.25) is 0 Å². The van der Waals surface area contributed by atoms with Crippen LogP contribution < -0.4 is 5.73 Å². The number of para-hydroxylation sites is 1. The first-order valence-electron chi connectivity index (χ1n) is 3.25. The van der Waals surface area contributed by atoms with Gasteiger partial charge in [-0.1, -0.05) is 12.1 Å². The molecule has 0 saturated carbocycles. The third-order valence-electron chi connectivity index (χ3n) is 1.30. The molecule has 2 nitrogen and oxygen atoms in total. The van der Waals surface area contributed by atoms with E-state index in [-0.39, 0.29) is 0 Å². The normalized spacial score (nSPS) is 10.6. The van der Waals surface area contributed by atoms with Crippen LogP contribution in [-0.4, -0.2) is 12.6 Å². The maximum atomic E-state index is 5.18. The maximum Gasteiger partial charge on any atom is 0.0860 e. The summed E-state index contributed by atoms with van der Waals surface area (Å²) < 4.78 is 0. The Kier molecular flexibility index (Phi) is 2.98. The molecular formula is C8H10N2S. The lowest BCUT2D eigenvalue weighted by Crippen LogP contribution is -1.86. The molecule has 0 saturated heterocycles. The SMILES string of the molecule is CSc1ccccc1N=CN. The lowest BCUT2D eigenvalue weighted by atomic mass is 10.3. The van der Waals surface area contributed by atoms with Gasteiger partial charge in [0.1, 0.15) is 0 Å². The molecule has 1 aromatic rings. The number of benzene rings is 1. The van der Waals surface area contributed by atoms with Crippen molar-refractivity contribution in [2.45, 2.75) is 4.90 Å². The molecule has 0 fully saturated rings. The van der Waals surface area contributed by atoms with Gasteiger partial charge in [0.2, 0.25) is 0 Å². The van der Waals surface area contributed by atoms with E-state index in [2.05, 4.69) is 4.99 Å². The summed E-state index contributed by atoms with van der Waals surface area (Å²) >= 11 is 1.67. The van der Waals surface area contributed by atoms with Gasteiger partial charge in [-0.15, -0.1) is 11.8 Å². The number of aliphatic imine (C=N–C) groups is 1. The number of nitrogens with two attached hydrogens (primary N) is 1. The van der Waals surface area contributed by atoms with E-state index < -0.39 is 0 Å². The number of hydrogen-bond donors (Lipinski definition) is 1. The standard InChI is InChI=1S/C8H10N2S/c1-11-8-5-3-2-4-7(8)10-6-9/h2-6H,1H3,(H2,9,10). The van der Waals surface area contributed by atoms with Crippen LogP contribution in [0.15, 0.2) is 34.2 Å². The minimum Gasteiger partial charge on any atom is -0.390 e. The number of rotatable bonds is 2. The van der Waals surface area contributed by atoms with Crippen molar-refractivity contribution in [1.82, 2.24) is 0 Å². The molecule has 0 spiro atoms. The van der Waals surface area contributed by atoms with E-state index in [1.807, 2.05) is 30.5 Å². The molecular weight excluding hydrogens is 156 g/mol. The topological polar surface area (TPSA) is 38.4 Å². The van der Waals surface area contributed by atoms with Gasteiger partial charge in [0.05, 0.1) is 12.0 Å². The molecule has 0 radical (unpaired) electrons. The van der Waals surface area contributed by atoms with E-state index in [0.29, 0.717) is 0 Å². The Bertz CT molecular complexity index is 258. The van der Waals surface area contributed by atoms with Gasteiger partial charge >= 0.3 is 0 Å². The summed E-state index contributed by atoms with van der Waals surface area (Å²) in [7, 11) is 0. The molecule has 3 heteroatoms. The van der Waals surface area contributed by atoms with Gasteiger partial charge in [0.25, 0.3) is 0 Å². The molecule has 2 N–H and O–H groups in total. The molecule has 0 atom stereocenters. The molecule has 0 amide bonds. The molecule has 1 aromatic carbocycles. The zero-order valence-electron chi connectivity index (χ0n) is 6.32. The second-order valence-corrected chi connectivity index (χ2v) is 2.80. The Morgan fingerprint density at radius 1 is 1.45 bits per heavy atom. The van der Waals surface area contributed by atoms with Crippen molar-refractivity contribution in [3.63, 3.8) is 0 Å². The number of hydrogen-bond acceptors (Lipinski definition) is 2. The van der Waals surface area contributed by atoms with Crippen molar-refractivity contribution in [3.8, 4) is 0 Å².